The Hall–Kier alpha value is -2.99. The van der Waals surface area contributed by atoms with Gasteiger partial charge >= 0.3 is 5.97 Å². The summed E-state index contributed by atoms with van der Waals surface area (Å²) in [5.74, 6) is -0.629. The minimum Gasteiger partial charge on any atom is -0.456 e. The van der Waals surface area contributed by atoms with E-state index in [1.54, 1.807) is 0 Å². The molecule has 0 bridgehead atoms. The van der Waals surface area contributed by atoms with Gasteiger partial charge in [-0.1, -0.05) is 30.3 Å². The van der Waals surface area contributed by atoms with Crippen molar-refractivity contribution in [2.24, 2.45) is 0 Å². The largest absolute Gasteiger partial charge is 0.456 e. The normalized spacial score (nSPS) is 11.2. The smallest absolute Gasteiger partial charge is 0.351 e. The van der Waals surface area contributed by atoms with Crippen LogP contribution in [0.15, 0.2) is 60.2 Å². The molecule has 5 nitrogen and oxygen atoms in total. The molecule has 0 spiro atoms. The van der Waals surface area contributed by atoms with Gasteiger partial charge in [0.05, 0.1) is 5.69 Å². The molecule has 1 amide bonds. The molecule has 2 heterocycles. The summed E-state index contributed by atoms with van der Waals surface area (Å²) in [5, 5.41) is 4.73. The lowest BCUT2D eigenvalue weighted by molar-refractivity contribution is -0.683. The number of aryl methyl sites for hydroxylation is 1. The van der Waals surface area contributed by atoms with Crippen LogP contribution in [0.25, 0.3) is 11.1 Å². The molecule has 2 aromatic heterocycles. The maximum atomic E-state index is 12.7. The molecular weight excluding hydrogens is 384 g/mol. The number of nitrogens with one attached hydrogen (secondary N) is 1. The zero-order chi connectivity index (χ0) is 21.0. The van der Waals surface area contributed by atoms with Crippen LogP contribution < -0.4 is 9.88 Å². The first kappa shape index (κ1) is 20.7. The number of esters is 1. The second kappa shape index (κ2) is 8.57. The molecule has 29 heavy (non-hydrogen) atoms. The molecule has 0 saturated carbocycles. The van der Waals surface area contributed by atoms with Crippen LogP contribution >= 0.6 is 11.3 Å². The second-order valence-corrected chi connectivity index (χ2v) is 8.68. The zero-order valence-corrected chi connectivity index (χ0v) is 17.9. The minimum atomic E-state index is -0.593. The molecule has 0 atom stereocenters. The van der Waals surface area contributed by atoms with E-state index in [0.717, 1.165) is 16.7 Å². The van der Waals surface area contributed by atoms with E-state index in [1.807, 2.05) is 92.5 Å². The Morgan fingerprint density at radius 2 is 1.76 bits per heavy atom. The number of benzene rings is 1. The predicted octanol–water partition coefficient (Wildman–Crippen LogP) is 4.61. The number of carbonyl (C=O) groups excluding carboxylic acids is 2. The highest BCUT2D eigenvalue weighted by Gasteiger charge is 2.24. The van der Waals surface area contributed by atoms with Crippen molar-refractivity contribution in [1.82, 2.24) is 0 Å². The molecule has 3 aromatic rings. The quantitative estimate of drug-likeness (QED) is 0.495. The average Bonchev–Trinajstić information content (AvgIpc) is 3.02. The van der Waals surface area contributed by atoms with Gasteiger partial charge in [-0.25, -0.2) is 4.79 Å². The second-order valence-electron chi connectivity index (χ2n) is 7.80. The molecule has 0 aliphatic heterocycles. The van der Waals surface area contributed by atoms with Crippen LogP contribution in [0.3, 0.4) is 0 Å². The summed E-state index contributed by atoms with van der Waals surface area (Å²) < 4.78 is 7.28. The van der Waals surface area contributed by atoms with Crippen LogP contribution in [0.2, 0.25) is 0 Å². The fourth-order valence-corrected chi connectivity index (χ4v) is 3.72. The summed E-state index contributed by atoms with van der Waals surface area (Å²) in [5.41, 5.74) is 2.88. The number of aromatic nitrogens is 1. The van der Waals surface area contributed by atoms with Crippen molar-refractivity contribution < 1.29 is 18.9 Å². The number of hydrogen-bond acceptors (Lipinski definition) is 4. The minimum absolute atomic E-state index is 0.143. The molecule has 0 saturated heterocycles. The number of anilines is 1. The van der Waals surface area contributed by atoms with Gasteiger partial charge in [0.15, 0.2) is 12.4 Å². The van der Waals surface area contributed by atoms with Crippen molar-refractivity contribution in [3.8, 4) is 11.1 Å². The number of rotatable bonds is 5. The van der Waals surface area contributed by atoms with E-state index in [0.29, 0.717) is 10.6 Å². The van der Waals surface area contributed by atoms with Crippen molar-refractivity contribution in [3.63, 3.8) is 0 Å². The summed E-state index contributed by atoms with van der Waals surface area (Å²) in [7, 11) is 0. The Balaban J connectivity index is 1.74. The summed E-state index contributed by atoms with van der Waals surface area (Å²) in [4.78, 5) is 25.5. The number of nitrogens with zero attached hydrogens (tertiary/aromatic N) is 1. The number of pyridine rings is 1. The molecule has 3 rings (SSSR count). The van der Waals surface area contributed by atoms with Crippen LogP contribution in [0.4, 0.5) is 5.69 Å². The number of amides is 1. The van der Waals surface area contributed by atoms with E-state index < -0.39 is 11.6 Å². The Kier molecular flexibility index (Phi) is 6.13. The molecule has 6 heteroatoms. The van der Waals surface area contributed by atoms with Crippen LogP contribution in [0.1, 0.15) is 36.0 Å². The van der Waals surface area contributed by atoms with Crippen molar-refractivity contribution in [1.29, 1.82) is 0 Å². The Labute approximate surface area is 175 Å². The van der Waals surface area contributed by atoms with Gasteiger partial charge in [0, 0.05) is 11.6 Å². The maximum Gasteiger partial charge on any atom is 0.351 e. The first-order valence-corrected chi connectivity index (χ1v) is 10.3. The van der Waals surface area contributed by atoms with Gasteiger partial charge in [0.2, 0.25) is 6.54 Å². The molecule has 0 radical (unpaired) electrons. The van der Waals surface area contributed by atoms with Crippen LogP contribution in [0.5, 0.6) is 0 Å². The van der Waals surface area contributed by atoms with Gasteiger partial charge in [0.1, 0.15) is 10.5 Å². The first-order chi connectivity index (χ1) is 13.7. The Bertz CT molecular complexity index is 1020. The van der Waals surface area contributed by atoms with E-state index >= 15 is 0 Å². The van der Waals surface area contributed by atoms with Crippen molar-refractivity contribution in [2.75, 3.05) is 5.32 Å². The third-order valence-corrected chi connectivity index (χ3v) is 5.19. The van der Waals surface area contributed by atoms with Crippen LogP contribution in [-0.4, -0.2) is 17.5 Å². The third-order valence-electron chi connectivity index (χ3n) is 4.12. The maximum absolute atomic E-state index is 12.7. The van der Waals surface area contributed by atoms with E-state index in [1.165, 1.54) is 11.3 Å². The van der Waals surface area contributed by atoms with Gasteiger partial charge < -0.3 is 10.1 Å². The number of hydrogen-bond donors (Lipinski definition) is 1. The highest BCUT2D eigenvalue weighted by molar-refractivity contribution is 7.12. The zero-order valence-electron chi connectivity index (χ0n) is 17.1. The topological polar surface area (TPSA) is 59.3 Å². The van der Waals surface area contributed by atoms with Gasteiger partial charge in [-0.2, -0.15) is 4.57 Å². The molecule has 0 aliphatic carbocycles. The van der Waals surface area contributed by atoms with Gasteiger partial charge in [0.25, 0.3) is 5.91 Å². The monoisotopic (exact) mass is 409 g/mol. The molecule has 0 aliphatic rings. The van der Waals surface area contributed by atoms with E-state index in [4.69, 9.17) is 4.74 Å². The molecule has 1 N–H and O–H groups in total. The van der Waals surface area contributed by atoms with Crippen LogP contribution in [0, 0.1) is 6.92 Å². The molecular formula is C23H25N2O3S+. The predicted molar refractivity (Wildman–Crippen MR) is 115 cm³/mol. The lowest BCUT2D eigenvalue weighted by Crippen LogP contribution is -2.40. The van der Waals surface area contributed by atoms with E-state index in [2.05, 4.69) is 5.32 Å². The number of thiophene rings is 1. The molecule has 150 valence electrons. The fraction of sp³-hybridized carbons (Fsp3) is 0.261. The lowest BCUT2D eigenvalue weighted by Gasteiger charge is -2.19. The molecule has 0 fully saturated rings. The first-order valence-electron chi connectivity index (χ1n) is 9.39. The third kappa shape index (κ3) is 5.51. The summed E-state index contributed by atoms with van der Waals surface area (Å²) >= 11 is 1.28. The number of ether oxygens (including phenoxy) is 1. The van der Waals surface area contributed by atoms with Crippen molar-refractivity contribution in [2.45, 2.75) is 39.8 Å². The summed E-state index contributed by atoms with van der Waals surface area (Å²) in [6.07, 6.45) is 3.78. The van der Waals surface area contributed by atoms with E-state index in [-0.39, 0.29) is 12.5 Å². The van der Waals surface area contributed by atoms with Gasteiger partial charge in [-0.05, 0) is 50.3 Å². The molecule has 1 aromatic carbocycles. The Morgan fingerprint density at radius 3 is 2.45 bits per heavy atom. The van der Waals surface area contributed by atoms with Crippen LogP contribution in [-0.2, 0) is 16.1 Å². The highest BCUT2D eigenvalue weighted by Crippen LogP contribution is 2.29. The molecule has 0 unspecified atom stereocenters. The van der Waals surface area contributed by atoms with Gasteiger partial charge in [-0.3, -0.25) is 4.79 Å². The van der Waals surface area contributed by atoms with Crippen molar-refractivity contribution >= 4 is 28.9 Å². The van der Waals surface area contributed by atoms with Gasteiger partial charge in [-0.15, -0.1) is 11.3 Å². The van der Waals surface area contributed by atoms with E-state index in [9.17, 15) is 9.59 Å². The summed E-state index contributed by atoms with van der Waals surface area (Å²) in [6.45, 7) is 7.47. The standard InChI is InChI=1S/C23H24N2O3S/c1-16-15-29-21(22(27)28-23(2,3)4)20(16)24-19(26)14-25-12-8-11-18(13-25)17-9-6-5-7-10-17/h5-13,15H,14H2,1-4H3/p+1. The highest BCUT2D eigenvalue weighted by atomic mass is 32.1. The average molecular weight is 410 g/mol. The summed E-state index contributed by atoms with van der Waals surface area (Å²) in [6, 6.07) is 13.9. The SMILES string of the molecule is Cc1csc(C(=O)OC(C)(C)C)c1NC(=O)C[n+]1cccc(-c2ccccc2)c1. The Morgan fingerprint density at radius 1 is 1.07 bits per heavy atom. The van der Waals surface area contributed by atoms with Crippen molar-refractivity contribution in [3.05, 3.63) is 70.7 Å². The fourth-order valence-electron chi connectivity index (χ4n) is 2.84. The lowest BCUT2D eigenvalue weighted by atomic mass is 10.1. The number of carbonyl (C=O) groups is 2.